The van der Waals surface area contributed by atoms with Crippen molar-refractivity contribution in [1.29, 1.82) is 5.41 Å². The maximum absolute atomic E-state index is 14.4. The number of fused-ring (bicyclic) bond motifs is 1. The van der Waals surface area contributed by atoms with Crippen LogP contribution in [0.1, 0.15) is 37.3 Å². The molecule has 3 heterocycles. The van der Waals surface area contributed by atoms with Crippen molar-refractivity contribution >= 4 is 23.2 Å². The van der Waals surface area contributed by atoms with Gasteiger partial charge < -0.3 is 20.4 Å². The van der Waals surface area contributed by atoms with Gasteiger partial charge in [0, 0.05) is 68.5 Å². The monoisotopic (exact) mass is 535 g/mol. The van der Waals surface area contributed by atoms with Crippen LogP contribution >= 0.6 is 0 Å². The van der Waals surface area contributed by atoms with E-state index in [1.54, 1.807) is 42.1 Å². The van der Waals surface area contributed by atoms with Gasteiger partial charge in [-0.3, -0.25) is 10.1 Å². The highest BCUT2D eigenvalue weighted by atomic mass is 19.3. The number of para-hydroxylation sites is 1. The summed E-state index contributed by atoms with van der Waals surface area (Å²) in [5.74, 6) is 0.319. The van der Waals surface area contributed by atoms with Crippen LogP contribution in [0.3, 0.4) is 0 Å². The van der Waals surface area contributed by atoms with Gasteiger partial charge in [-0.05, 0) is 61.6 Å². The fourth-order valence-corrected chi connectivity index (χ4v) is 5.91. The quantitative estimate of drug-likeness (QED) is 0.306. The van der Waals surface area contributed by atoms with Gasteiger partial charge in [0.05, 0.1) is 11.6 Å². The van der Waals surface area contributed by atoms with E-state index in [1.165, 1.54) is 0 Å². The Kier molecular flexibility index (Phi) is 7.29. The van der Waals surface area contributed by atoms with Crippen molar-refractivity contribution in [1.82, 2.24) is 20.0 Å². The van der Waals surface area contributed by atoms with Crippen LogP contribution in [0.5, 0.6) is 0 Å². The predicted molar refractivity (Wildman–Crippen MR) is 150 cm³/mol. The molecule has 10 heteroatoms. The summed E-state index contributed by atoms with van der Waals surface area (Å²) in [6, 6.07) is 12.9. The molecule has 0 saturated carbocycles. The molecule has 2 aromatic carbocycles. The van der Waals surface area contributed by atoms with Crippen LogP contribution in [-0.4, -0.2) is 59.3 Å². The molecule has 5 rings (SSSR count). The van der Waals surface area contributed by atoms with Crippen molar-refractivity contribution in [3.8, 4) is 11.1 Å². The van der Waals surface area contributed by atoms with Crippen molar-refractivity contribution in [2.45, 2.75) is 38.7 Å². The van der Waals surface area contributed by atoms with Crippen LogP contribution in [0.2, 0.25) is 0 Å². The number of nitrogens with one attached hydrogen (secondary N) is 3. The van der Waals surface area contributed by atoms with E-state index in [0.29, 0.717) is 48.7 Å². The Balaban J connectivity index is 1.54. The number of rotatable bonds is 5. The van der Waals surface area contributed by atoms with Gasteiger partial charge in [-0.2, -0.15) is 5.10 Å². The minimum Gasteiger partial charge on any atom is -0.381 e. The third-order valence-electron chi connectivity index (χ3n) is 8.02. The Labute approximate surface area is 227 Å². The number of benzene rings is 2. The summed E-state index contributed by atoms with van der Waals surface area (Å²) < 4.78 is 30.3. The second-order valence-electron chi connectivity index (χ2n) is 10.6. The summed E-state index contributed by atoms with van der Waals surface area (Å²) >= 11 is 0. The Hall–Kier alpha value is -3.95. The first kappa shape index (κ1) is 26.6. The molecule has 2 aliphatic heterocycles. The van der Waals surface area contributed by atoms with E-state index < -0.39 is 11.8 Å². The number of halogens is 2. The first-order chi connectivity index (χ1) is 18.7. The molecule has 3 aromatic rings. The van der Waals surface area contributed by atoms with Crippen molar-refractivity contribution in [3.63, 3.8) is 0 Å². The molecule has 2 amide bonds. The number of hydrogen-bond donors (Lipinski definition) is 3. The molecular formula is C29H35F2N7O. The number of piperidine rings is 1. The third-order valence-corrected chi connectivity index (χ3v) is 8.02. The van der Waals surface area contributed by atoms with E-state index >= 15 is 0 Å². The highest BCUT2D eigenvalue weighted by Crippen LogP contribution is 2.42. The number of aryl methyl sites for hydroxylation is 2. The normalized spacial score (nSPS) is 21.0. The second kappa shape index (κ2) is 10.7. The van der Waals surface area contributed by atoms with Crippen LogP contribution in [0.25, 0.3) is 11.1 Å². The lowest BCUT2D eigenvalue weighted by molar-refractivity contribution is 0.144. The second-order valence-corrected chi connectivity index (χ2v) is 10.6. The van der Waals surface area contributed by atoms with E-state index in [0.717, 1.165) is 24.1 Å². The molecule has 206 valence electrons. The van der Waals surface area contributed by atoms with E-state index in [1.807, 2.05) is 48.2 Å². The number of amides is 2. The first-order valence-corrected chi connectivity index (χ1v) is 13.3. The van der Waals surface area contributed by atoms with Crippen LogP contribution in [-0.2, 0) is 13.5 Å². The molecule has 39 heavy (non-hydrogen) atoms. The summed E-state index contributed by atoms with van der Waals surface area (Å²) in [4.78, 5) is 16.2. The number of carbonyl (C=O) groups is 1. The Morgan fingerprint density at radius 3 is 2.64 bits per heavy atom. The van der Waals surface area contributed by atoms with Crippen LogP contribution < -0.4 is 15.5 Å². The Morgan fingerprint density at radius 1 is 1.21 bits per heavy atom. The van der Waals surface area contributed by atoms with Crippen molar-refractivity contribution in [3.05, 3.63) is 66.0 Å². The highest BCUT2D eigenvalue weighted by molar-refractivity contribution is 6.02. The van der Waals surface area contributed by atoms with Gasteiger partial charge in [0.2, 0.25) is 0 Å². The lowest BCUT2D eigenvalue weighted by Gasteiger charge is -2.49. The molecule has 0 bridgehead atoms. The highest BCUT2D eigenvalue weighted by Gasteiger charge is 2.47. The van der Waals surface area contributed by atoms with E-state index in [2.05, 4.69) is 15.7 Å². The van der Waals surface area contributed by atoms with Crippen LogP contribution in [0.15, 0.2) is 54.9 Å². The lowest BCUT2D eigenvalue weighted by Crippen LogP contribution is -2.62. The standard InChI is InChI=1S/C29H35F2N7O/c1-29(18-37(28(39)33-2)13-11-25(29)35-21-9-5-4-6-10-21)27(32)38-12-7-8-19-14-22(20-16-34-36(3)17-20)23(26(30)31)15-24(19)38/h4-6,9-10,14-17,25-26,32,35H,7-8,11-13,18H2,1-3H3,(H,33,39). The fourth-order valence-electron chi connectivity index (χ4n) is 5.91. The molecule has 2 unspecified atom stereocenters. The van der Waals surface area contributed by atoms with E-state index in [4.69, 9.17) is 0 Å². The third kappa shape index (κ3) is 5.07. The number of amidine groups is 1. The fraction of sp³-hybridized carbons (Fsp3) is 0.414. The van der Waals surface area contributed by atoms with Gasteiger partial charge in [-0.15, -0.1) is 0 Å². The van der Waals surface area contributed by atoms with E-state index in [-0.39, 0.29) is 17.6 Å². The Bertz CT molecular complexity index is 1360. The molecule has 1 fully saturated rings. The first-order valence-electron chi connectivity index (χ1n) is 13.3. The smallest absolute Gasteiger partial charge is 0.317 e. The number of aromatic nitrogens is 2. The summed E-state index contributed by atoms with van der Waals surface area (Å²) in [6.45, 7) is 3.43. The molecular weight excluding hydrogens is 500 g/mol. The van der Waals surface area contributed by atoms with Gasteiger partial charge in [-0.1, -0.05) is 18.2 Å². The van der Waals surface area contributed by atoms with Gasteiger partial charge >= 0.3 is 6.03 Å². The molecule has 2 aliphatic rings. The van der Waals surface area contributed by atoms with Gasteiger partial charge in [0.1, 0.15) is 5.84 Å². The van der Waals surface area contributed by atoms with E-state index in [9.17, 15) is 19.0 Å². The molecule has 3 N–H and O–H groups in total. The summed E-state index contributed by atoms with van der Waals surface area (Å²) in [7, 11) is 3.37. The number of urea groups is 1. The van der Waals surface area contributed by atoms with Crippen molar-refractivity contribution in [2.24, 2.45) is 12.5 Å². The molecule has 1 saturated heterocycles. The maximum Gasteiger partial charge on any atom is 0.317 e. The molecule has 0 spiro atoms. The minimum atomic E-state index is -2.68. The average molecular weight is 536 g/mol. The zero-order valence-corrected chi connectivity index (χ0v) is 22.5. The molecule has 0 aliphatic carbocycles. The number of anilines is 2. The lowest BCUT2D eigenvalue weighted by atomic mass is 9.74. The number of hydrogen-bond acceptors (Lipinski definition) is 4. The van der Waals surface area contributed by atoms with Gasteiger partial charge in [0.25, 0.3) is 6.43 Å². The Morgan fingerprint density at radius 2 is 1.97 bits per heavy atom. The molecule has 2 atom stereocenters. The molecule has 1 aromatic heterocycles. The number of alkyl halides is 2. The topological polar surface area (TPSA) is 89.3 Å². The average Bonchev–Trinajstić information content (AvgIpc) is 3.38. The maximum atomic E-state index is 14.4. The summed E-state index contributed by atoms with van der Waals surface area (Å²) in [5, 5.41) is 20.0. The van der Waals surface area contributed by atoms with Gasteiger partial charge in [0.15, 0.2) is 0 Å². The summed E-state index contributed by atoms with van der Waals surface area (Å²) in [6.07, 6.45) is 2.85. The van der Waals surface area contributed by atoms with Crippen LogP contribution in [0, 0.1) is 10.8 Å². The van der Waals surface area contributed by atoms with Gasteiger partial charge in [-0.25, -0.2) is 13.6 Å². The number of likely N-dealkylation sites (tertiary alicyclic amines) is 1. The summed E-state index contributed by atoms with van der Waals surface area (Å²) in [5.41, 5.74) is 2.80. The van der Waals surface area contributed by atoms with Crippen molar-refractivity contribution < 1.29 is 13.6 Å². The largest absolute Gasteiger partial charge is 0.381 e. The molecule has 0 radical (unpaired) electrons. The van der Waals surface area contributed by atoms with Crippen LogP contribution in [0.4, 0.5) is 25.0 Å². The zero-order valence-electron chi connectivity index (χ0n) is 22.5. The number of carbonyl (C=O) groups excluding carboxylic acids is 1. The minimum absolute atomic E-state index is 0.0683. The molecule has 8 nitrogen and oxygen atoms in total. The predicted octanol–water partition coefficient (Wildman–Crippen LogP) is 5.29. The zero-order chi connectivity index (χ0) is 27.7. The number of nitrogens with zero attached hydrogens (tertiary/aromatic N) is 4. The SMILES string of the molecule is CNC(=O)N1CCC(Nc2ccccc2)C(C)(C(=N)N2CCCc3cc(-c4cnn(C)c4)c(C(F)F)cc32)C1. The van der Waals surface area contributed by atoms with Crippen molar-refractivity contribution in [2.75, 3.05) is 36.9 Å².